The van der Waals surface area contributed by atoms with Crippen LogP contribution in [-0.2, 0) is 15.0 Å². The van der Waals surface area contributed by atoms with Crippen molar-refractivity contribution in [3.63, 3.8) is 0 Å². The molecule has 1 amide bonds. The molecule has 0 aromatic heterocycles. The summed E-state index contributed by atoms with van der Waals surface area (Å²) in [6.07, 6.45) is 8.33. The summed E-state index contributed by atoms with van der Waals surface area (Å²) in [4.78, 5) is 26.0. The lowest BCUT2D eigenvalue weighted by Crippen LogP contribution is -2.49. The molecule has 1 atom stereocenters. The number of nitrogens with zero attached hydrogens (tertiary/aromatic N) is 1. The predicted molar refractivity (Wildman–Crippen MR) is 121 cm³/mol. The molecule has 0 unspecified atom stereocenters. The first kappa shape index (κ1) is 22.2. The lowest BCUT2D eigenvalue weighted by molar-refractivity contribution is -0.123. The van der Waals surface area contributed by atoms with Gasteiger partial charge in [-0.1, -0.05) is 79.9 Å². The van der Waals surface area contributed by atoms with Crippen LogP contribution in [0.5, 0.6) is 0 Å². The summed E-state index contributed by atoms with van der Waals surface area (Å²) < 4.78 is 0. The standard InChI is InChI=1S/C26H34N2O2/c27-25(30)26(22-13-7-5-8-14-22,23-15-9-6-10-16-23)24-17-19-28(21-24)18-11-3-1-2-4-12-20-29/h5-10,13-16,20,24H,1-4,11-12,17-19,21H2,(H2,27,30)/t24-/m1/s1. The highest BCUT2D eigenvalue weighted by Crippen LogP contribution is 2.43. The van der Waals surface area contributed by atoms with Crippen LogP contribution in [-0.4, -0.2) is 36.7 Å². The molecule has 160 valence electrons. The fourth-order valence-electron chi connectivity index (χ4n) is 5.01. The van der Waals surface area contributed by atoms with Gasteiger partial charge >= 0.3 is 0 Å². The summed E-state index contributed by atoms with van der Waals surface area (Å²) in [7, 11) is 0. The van der Waals surface area contributed by atoms with E-state index in [9.17, 15) is 9.59 Å². The molecule has 0 radical (unpaired) electrons. The summed E-state index contributed by atoms with van der Waals surface area (Å²) in [5.41, 5.74) is 7.34. The molecule has 0 aliphatic carbocycles. The van der Waals surface area contributed by atoms with E-state index in [1.807, 2.05) is 60.7 Å². The van der Waals surface area contributed by atoms with Gasteiger partial charge in [0.1, 0.15) is 11.7 Å². The Morgan fingerprint density at radius 3 is 2.07 bits per heavy atom. The summed E-state index contributed by atoms with van der Waals surface area (Å²) >= 11 is 0. The number of primary amides is 1. The third-order valence-electron chi connectivity index (χ3n) is 6.53. The zero-order valence-electron chi connectivity index (χ0n) is 17.8. The molecular formula is C26H34N2O2. The highest BCUT2D eigenvalue weighted by atomic mass is 16.1. The van der Waals surface area contributed by atoms with Gasteiger partial charge in [0.2, 0.25) is 5.91 Å². The second-order valence-corrected chi connectivity index (χ2v) is 8.41. The number of nitrogens with two attached hydrogens (primary N) is 1. The van der Waals surface area contributed by atoms with Crippen molar-refractivity contribution >= 4 is 12.2 Å². The van der Waals surface area contributed by atoms with Gasteiger partial charge in [-0.2, -0.15) is 0 Å². The molecule has 4 heteroatoms. The van der Waals surface area contributed by atoms with E-state index in [4.69, 9.17) is 5.73 Å². The first-order valence-corrected chi connectivity index (χ1v) is 11.3. The van der Waals surface area contributed by atoms with Gasteiger partial charge in [0.25, 0.3) is 0 Å². The van der Waals surface area contributed by atoms with Gasteiger partial charge in [-0.05, 0) is 49.4 Å². The van der Waals surface area contributed by atoms with E-state index in [0.29, 0.717) is 6.42 Å². The molecule has 4 nitrogen and oxygen atoms in total. The number of hydrogen-bond donors (Lipinski definition) is 1. The van der Waals surface area contributed by atoms with Crippen LogP contribution in [0.25, 0.3) is 0 Å². The van der Waals surface area contributed by atoms with Gasteiger partial charge in [-0.15, -0.1) is 0 Å². The number of aldehydes is 1. The number of likely N-dealkylation sites (tertiary alicyclic amines) is 1. The zero-order valence-corrected chi connectivity index (χ0v) is 17.8. The maximum atomic E-state index is 13.1. The van der Waals surface area contributed by atoms with Crippen molar-refractivity contribution in [1.29, 1.82) is 0 Å². The molecular weight excluding hydrogens is 372 g/mol. The Labute approximate surface area is 180 Å². The van der Waals surface area contributed by atoms with E-state index in [-0.39, 0.29) is 11.8 Å². The van der Waals surface area contributed by atoms with Crippen LogP contribution >= 0.6 is 0 Å². The van der Waals surface area contributed by atoms with Crippen LogP contribution in [0.3, 0.4) is 0 Å². The van der Waals surface area contributed by atoms with Crippen LogP contribution in [0.4, 0.5) is 0 Å². The Morgan fingerprint density at radius 1 is 0.933 bits per heavy atom. The number of hydrogen-bond acceptors (Lipinski definition) is 3. The maximum Gasteiger partial charge on any atom is 0.232 e. The molecule has 2 aromatic carbocycles. The van der Waals surface area contributed by atoms with Crippen molar-refractivity contribution in [3.8, 4) is 0 Å². The number of amides is 1. The van der Waals surface area contributed by atoms with E-state index in [1.54, 1.807) is 0 Å². The molecule has 1 fully saturated rings. The predicted octanol–water partition coefficient (Wildman–Crippen LogP) is 4.32. The average molecular weight is 407 g/mol. The molecule has 1 heterocycles. The van der Waals surface area contributed by atoms with Gasteiger partial charge in [0.15, 0.2) is 0 Å². The first-order chi connectivity index (χ1) is 14.7. The minimum Gasteiger partial charge on any atom is -0.369 e. The van der Waals surface area contributed by atoms with Crippen LogP contribution in [0.15, 0.2) is 60.7 Å². The Balaban J connectivity index is 1.71. The lowest BCUT2D eigenvalue weighted by atomic mass is 9.64. The van der Waals surface area contributed by atoms with Crippen LogP contribution < -0.4 is 5.73 Å². The largest absolute Gasteiger partial charge is 0.369 e. The third kappa shape index (κ3) is 4.99. The molecule has 30 heavy (non-hydrogen) atoms. The van der Waals surface area contributed by atoms with E-state index in [0.717, 1.165) is 62.7 Å². The normalized spacial score (nSPS) is 17.1. The summed E-state index contributed by atoms with van der Waals surface area (Å²) in [5.74, 6) is -0.102. The smallest absolute Gasteiger partial charge is 0.232 e. The number of rotatable bonds is 12. The van der Waals surface area contributed by atoms with Gasteiger partial charge in [-0.3, -0.25) is 4.79 Å². The molecule has 1 aliphatic rings. The van der Waals surface area contributed by atoms with Gasteiger partial charge in [0.05, 0.1) is 0 Å². The maximum absolute atomic E-state index is 13.1. The van der Waals surface area contributed by atoms with Crippen LogP contribution in [0.2, 0.25) is 0 Å². The first-order valence-electron chi connectivity index (χ1n) is 11.3. The molecule has 1 aliphatic heterocycles. The van der Waals surface area contributed by atoms with Gasteiger partial charge < -0.3 is 15.4 Å². The van der Waals surface area contributed by atoms with Crippen molar-refractivity contribution in [2.75, 3.05) is 19.6 Å². The zero-order chi connectivity index (χ0) is 21.2. The Morgan fingerprint density at radius 2 is 1.50 bits per heavy atom. The van der Waals surface area contributed by atoms with Gasteiger partial charge in [0, 0.05) is 13.0 Å². The minimum atomic E-state index is -0.800. The topological polar surface area (TPSA) is 63.4 Å². The number of unbranched alkanes of at least 4 members (excludes halogenated alkanes) is 5. The number of benzene rings is 2. The van der Waals surface area contributed by atoms with Crippen LogP contribution in [0.1, 0.15) is 56.1 Å². The van der Waals surface area contributed by atoms with Crippen molar-refractivity contribution in [2.45, 2.75) is 50.4 Å². The molecule has 2 N–H and O–H groups in total. The van der Waals surface area contributed by atoms with Crippen molar-refractivity contribution in [1.82, 2.24) is 4.90 Å². The fraction of sp³-hybridized carbons (Fsp3) is 0.462. The molecule has 1 saturated heterocycles. The lowest BCUT2D eigenvalue weighted by Gasteiger charge is -2.37. The van der Waals surface area contributed by atoms with E-state index >= 15 is 0 Å². The van der Waals surface area contributed by atoms with E-state index in [1.165, 1.54) is 12.8 Å². The fourth-order valence-corrected chi connectivity index (χ4v) is 5.01. The second-order valence-electron chi connectivity index (χ2n) is 8.41. The third-order valence-corrected chi connectivity index (χ3v) is 6.53. The van der Waals surface area contributed by atoms with Crippen molar-refractivity contribution in [3.05, 3.63) is 71.8 Å². The average Bonchev–Trinajstić information content (AvgIpc) is 3.24. The SMILES string of the molecule is NC(=O)C(c1ccccc1)(c1ccccc1)[C@@H]1CCN(CCCCCCCC=O)C1. The van der Waals surface area contributed by atoms with Gasteiger partial charge in [-0.25, -0.2) is 0 Å². The van der Waals surface area contributed by atoms with E-state index < -0.39 is 5.41 Å². The second kappa shape index (κ2) is 11.1. The quantitative estimate of drug-likeness (QED) is 0.422. The van der Waals surface area contributed by atoms with E-state index in [2.05, 4.69) is 4.90 Å². The molecule has 2 aromatic rings. The molecule has 3 rings (SSSR count). The molecule has 0 saturated carbocycles. The minimum absolute atomic E-state index is 0.160. The number of carbonyl (C=O) groups excluding carboxylic acids is 2. The molecule has 0 spiro atoms. The van der Waals surface area contributed by atoms with Crippen LogP contribution in [0, 0.1) is 5.92 Å². The van der Waals surface area contributed by atoms with Crippen molar-refractivity contribution < 1.29 is 9.59 Å². The Hall–Kier alpha value is -2.46. The highest BCUT2D eigenvalue weighted by Gasteiger charge is 2.49. The molecule has 0 bridgehead atoms. The monoisotopic (exact) mass is 406 g/mol. The number of carbonyl (C=O) groups is 2. The Bertz CT molecular complexity index is 752. The Kier molecular flexibility index (Phi) is 8.21. The summed E-state index contributed by atoms with van der Waals surface area (Å²) in [5, 5.41) is 0. The summed E-state index contributed by atoms with van der Waals surface area (Å²) in [6, 6.07) is 20.1. The highest BCUT2D eigenvalue weighted by molar-refractivity contribution is 5.91. The summed E-state index contributed by atoms with van der Waals surface area (Å²) in [6.45, 7) is 2.95. The van der Waals surface area contributed by atoms with Crippen molar-refractivity contribution in [2.24, 2.45) is 11.7 Å².